The summed E-state index contributed by atoms with van der Waals surface area (Å²) in [7, 11) is 4.42. The molecule has 0 saturated heterocycles. The van der Waals surface area contributed by atoms with Crippen molar-refractivity contribution in [2.75, 3.05) is 21.3 Å². The third-order valence-electron chi connectivity index (χ3n) is 4.74. The van der Waals surface area contributed by atoms with Gasteiger partial charge in [0.2, 0.25) is 11.6 Å². The van der Waals surface area contributed by atoms with Crippen molar-refractivity contribution < 1.29 is 37.9 Å². The van der Waals surface area contributed by atoms with Crippen LogP contribution in [0, 0.1) is 10.1 Å². The lowest BCUT2D eigenvalue weighted by Gasteiger charge is -2.13. The zero-order valence-electron chi connectivity index (χ0n) is 19.3. The molecule has 13 heteroatoms. The number of benzene rings is 2. The Morgan fingerprint density at radius 3 is 2.37 bits per heavy atom. The number of carbonyl (C=O) groups excluding carboxylic acids is 2. The van der Waals surface area contributed by atoms with Gasteiger partial charge in [-0.1, -0.05) is 6.07 Å². The van der Waals surface area contributed by atoms with Gasteiger partial charge in [-0.25, -0.2) is 4.79 Å². The van der Waals surface area contributed by atoms with Gasteiger partial charge in [-0.15, -0.1) is 10.2 Å². The van der Waals surface area contributed by atoms with Crippen molar-refractivity contribution in [2.45, 2.75) is 19.6 Å². The van der Waals surface area contributed by atoms with Gasteiger partial charge < -0.3 is 28.7 Å². The summed E-state index contributed by atoms with van der Waals surface area (Å²) in [6, 6.07) is 7.33. The van der Waals surface area contributed by atoms with Crippen molar-refractivity contribution in [1.29, 1.82) is 0 Å². The number of nitro groups is 1. The maximum absolute atomic E-state index is 12.3. The average Bonchev–Trinajstić information content (AvgIpc) is 3.35. The van der Waals surface area contributed by atoms with Gasteiger partial charge in [-0.3, -0.25) is 14.9 Å². The van der Waals surface area contributed by atoms with Crippen LogP contribution in [-0.2, 0) is 16.1 Å². The van der Waals surface area contributed by atoms with E-state index >= 15 is 0 Å². The van der Waals surface area contributed by atoms with Gasteiger partial charge in [-0.05, 0) is 25.1 Å². The molecule has 13 nitrogen and oxygen atoms in total. The summed E-state index contributed by atoms with van der Waals surface area (Å²) < 4.78 is 26.6. The quantitative estimate of drug-likeness (QED) is 0.254. The predicted octanol–water partition coefficient (Wildman–Crippen LogP) is 2.53. The van der Waals surface area contributed by atoms with E-state index in [9.17, 15) is 19.7 Å². The number of amides is 1. The lowest BCUT2D eigenvalue weighted by atomic mass is 10.2. The number of hydrogen-bond acceptors (Lipinski definition) is 11. The summed E-state index contributed by atoms with van der Waals surface area (Å²) in [5, 5.41) is 21.1. The molecular weight excluding hydrogens is 464 g/mol. The van der Waals surface area contributed by atoms with Crippen LogP contribution >= 0.6 is 0 Å². The molecule has 3 rings (SSSR count). The third kappa shape index (κ3) is 5.82. The van der Waals surface area contributed by atoms with E-state index in [2.05, 4.69) is 15.5 Å². The summed E-state index contributed by atoms with van der Waals surface area (Å²) in [4.78, 5) is 34.9. The van der Waals surface area contributed by atoms with Gasteiger partial charge in [0, 0.05) is 23.3 Å². The Kier molecular flexibility index (Phi) is 7.81. The van der Waals surface area contributed by atoms with Crippen LogP contribution in [0.4, 0.5) is 5.69 Å². The monoisotopic (exact) mass is 486 g/mol. The van der Waals surface area contributed by atoms with Crippen molar-refractivity contribution in [1.82, 2.24) is 15.5 Å². The molecule has 2 aromatic carbocycles. The molecule has 1 N–H and O–H groups in total. The molecule has 0 spiro atoms. The molecule has 0 radical (unpaired) electrons. The minimum atomic E-state index is -1.04. The molecule has 0 unspecified atom stereocenters. The molecule has 0 aliphatic rings. The fourth-order valence-electron chi connectivity index (χ4n) is 2.99. The van der Waals surface area contributed by atoms with E-state index in [0.29, 0.717) is 22.8 Å². The van der Waals surface area contributed by atoms with Crippen LogP contribution in [0.15, 0.2) is 40.8 Å². The number of esters is 1. The van der Waals surface area contributed by atoms with Gasteiger partial charge in [0.05, 0.1) is 26.3 Å². The van der Waals surface area contributed by atoms with Crippen LogP contribution in [0.1, 0.15) is 23.2 Å². The van der Waals surface area contributed by atoms with Crippen molar-refractivity contribution in [3.8, 4) is 28.7 Å². The number of rotatable bonds is 10. The summed E-state index contributed by atoms with van der Waals surface area (Å²) >= 11 is 0. The Hall–Kier alpha value is -4.68. The Bertz CT molecular complexity index is 1220. The lowest BCUT2D eigenvalue weighted by Crippen LogP contribution is -2.39. The maximum atomic E-state index is 12.3. The summed E-state index contributed by atoms with van der Waals surface area (Å²) in [5.41, 5.74) is 0.278. The van der Waals surface area contributed by atoms with E-state index in [4.69, 9.17) is 23.4 Å². The highest BCUT2D eigenvalue weighted by Crippen LogP contribution is 2.40. The van der Waals surface area contributed by atoms with Crippen molar-refractivity contribution in [3.05, 3.63) is 58.0 Å². The highest BCUT2D eigenvalue weighted by atomic mass is 16.6. The predicted molar refractivity (Wildman–Crippen MR) is 119 cm³/mol. The van der Waals surface area contributed by atoms with Crippen LogP contribution in [0.3, 0.4) is 0 Å². The smallest absolute Gasteiger partial charge is 0.328 e. The van der Waals surface area contributed by atoms with Gasteiger partial charge in [0.15, 0.2) is 18.1 Å². The molecular formula is C22H22N4O9. The molecule has 0 saturated carbocycles. The first-order valence-electron chi connectivity index (χ1n) is 10.1. The topological polar surface area (TPSA) is 165 Å². The van der Waals surface area contributed by atoms with E-state index in [-0.39, 0.29) is 29.6 Å². The highest BCUT2D eigenvalue weighted by molar-refractivity contribution is 5.97. The van der Waals surface area contributed by atoms with Gasteiger partial charge in [0.1, 0.15) is 6.04 Å². The molecule has 1 amide bonds. The van der Waals surface area contributed by atoms with Crippen molar-refractivity contribution >= 4 is 17.6 Å². The Balaban J connectivity index is 1.62. The van der Waals surface area contributed by atoms with E-state index in [1.807, 2.05) is 0 Å². The number of ether oxygens (including phenoxy) is 4. The number of nitrogens with one attached hydrogen (secondary N) is 1. The van der Waals surface area contributed by atoms with Crippen LogP contribution in [-0.4, -0.2) is 54.4 Å². The normalized spacial score (nSPS) is 11.3. The Labute approximate surface area is 199 Å². The molecule has 0 aliphatic carbocycles. The number of nitro benzene ring substituents is 1. The SMILES string of the molecule is COc1cc(-c2nnc(COC(=O)[C@H](C)NC(=O)c3cccc([N+](=O)[O-])c3)o2)cc(OC)c1OC. The maximum Gasteiger partial charge on any atom is 0.328 e. The second-order valence-electron chi connectivity index (χ2n) is 7.03. The summed E-state index contributed by atoms with van der Waals surface area (Å²) in [6.07, 6.45) is 0. The van der Waals surface area contributed by atoms with E-state index in [1.54, 1.807) is 12.1 Å². The van der Waals surface area contributed by atoms with E-state index < -0.39 is 22.8 Å². The number of hydrogen-bond donors (Lipinski definition) is 1. The van der Waals surface area contributed by atoms with E-state index in [1.165, 1.54) is 46.5 Å². The van der Waals surface area contributed by atoms with E-state index in [0.717, 1.165) is 6.07 Å². The lowest BCUT2D eigenvalue weighted by molar-refractivity contribution is -0.384. The van der Waals surface area contributed by atoms with Crippen LogP contribution < -0.4 is 19.5 Å². The zero-order valence-corrected chi connectivity index (χ0v) is 19.3. The first-order chi connectivity index (χ1) is 16.8. The Morgan fingerprint density at radius 1 is 1.09 bits per heavy atom. The highest BCUT2D eigenvalue weighted by Gasteiger charge is 2.21. The van der Waals surface area contributed by atoms with Crippen LogP contribution in [0.2, 0.25) is 0 Å². The number of methoxy groups -OCH3 is 3. The molecule has 0 fully saturated rings. The van der Waals surface area contributed by atoms with Crippen LogP contribution in [0.25, 0.3) is 11.5 Å². The molecule has 1 atom stereocenters. The number of nitrogens with zero attached hydrogens (tertiary/aromatic N) is 3. The van der Waals surface area contributed by atoms with Crippen molar-refractivity contribution in [3.63, 3.8) is 0 Å². The number of non-ortho nitro benzene ring substituents is 1. The summed E-state index contributed by atoms with van der Waals surface area (Å²) in [5.74, 6) is -0.116. The van der Waals surface area contributed by atoms with Crippen molar-refractivity contribution in [2.24, 2.45) is 0 Å². The van der Waals surface area contributed by atoms with Gasteiger partial charge in [-0.2, -0.15) is 0 Å². The molecule has 35 heavy (non-hydrogen) atoms. The first-order valence-corrected chi connectivity index (χ1v) is 10.1. The molecule has 1 aromatic heterocycles. The standard InChI is InChI=1S/C22H22N4O9/c1-12(23-20(27)13-6-5-7-15(8-13)26(29)30)22(28)34-11-18-24-25-21(35-18)14-9-16(31-2)19(33-4)17(10-14)32-3/h5-10,12H,11H2,1-4H3,(H,23,27)/t12-/m0/s1. The second kappa shape index (κ2) is 11.0. The average molecular weight is 486 g/mol. The molecule has 0 aliphatic heterocycles. The molecule has 3 aromatic rings. The van der Waals surface area contributed by atoms with Gasteiger partial charge in [0.25, 0.3) is 17.5 Å². The molecule has 0 bridgehead atoms. The number of carbonyl (C=O) groups is 2. The molecule has 184 valence electrons. The molecule has 1 heterocycles. The Morgan fingerprint density at radius 2 is 1.77 bits per heavy atom. The fourth-order valence-corrected chi connectivity index (χ4v) is 2.99. The fraction of sp³-hybridized carbons (Fsp3) is 0.273. The van der Waals surface area contributed by atoms with Gasteiger partial charge >= 0.3 is 5.97 Å². The number of aromatic nitrogens is 2. The minimum absolute atomic E-state index is 0.0133. The van der Waals surface area contributed by atoms with Crippen LogP contribution in [0.5, 0.6) is 17.2 Å². The first kappa shape index (κ1) is 25.0. The second-order valence-corrected chi connectivity index (χ2v) is 7.03. The summed E-state index contributed by atoms with van der Waals surface area (Å²) in [6.45, 7) is 1.07. The minimum Gasteiger partial charge on any atom is -0.493 e. The third-order valence-corrected chi connectivity index (χ3v) is 4.74. The zero-order chi connectivity index (χ0) is 25.5. The largest absolute Gasteiger partial charge is 0.493 e.